The minimum absolute atomic E-state index is 0.371. The Morgan fingerprint density at radius 2 is 1.94 bits per heavy atom. The van der Waals surface area contributed by atoms with E-state index in [0.29, 0.717) is 6.61 Å². The van der Waals surface area contributed by atoms with Crippen LogP contribution >= 0.6 is 0 Å². The lowest BCUT2D eigenvalue weighted by Gasteiger charge is -2.38. The van der Waals surface area contributed by atoms with Gasteiger partial charge in [0, 0.05) is 25.2 Å². The van der Waals surface area contributed by atoms with Crippen LogP contribution in [0.15, 0.2) is 59.6 Å². The molecule has 0 atom stereocenters. The van der Waals surface area contributed by atoms with Crippen molar-refractivity contribution in [1.82, 2.24) is 10.1 Å². The molecule has 164 valence electrons. The van der Waals surface area contributed by atoms with E-state index in [4.69, 9.17) is 9.26 Å². The predicted molar refractivity (Wildman–Crippen MR) is 125 cm³/mol. The van der Waals surface area contributed by atoms with Gasteiger partial charge in [0.2, 0.25) is 0 Å². The number of aromatic nitrogens is 1. The largest absolute Gasteiger partial charge is 0.488 e. The maximum atomic E-state index is 10.2. The Labute approximate surface area is 189 Å². The number of ether oxygens (including phenoxy) is 1. The summed E-state index contributed by atoms with van der Waals surface area (Å²) in [5.74, 6) is 1.50. The number of hydrogen-bond acceptors (Lipinski definition) is 5. The van der Waals surface area contributed by atoms with Crippen molar-refractivity contribution >= 4 is 6.08 Å². The molecule has 0 unspecified atom stereocenters. The van der Waals surface area contributed by atoms with Crippen LogP contribution in [0, 0.1) is 25.2 Å². The molecule has 0 aliphatic carbocycles. The highest BCUT2D eigenvalue weighted by molar-refractivity contribution is 5.58. The van der Waals surface area contributed by atoms with Gasteiger partial charge in [0.25, 0.3) is 0 Å². The molecule has 0 radical (unpaired) electrons. The van der Waals surface area contributed by atoms with Gasteiger partial charge in [0.1, 0.15) is 18.1 Å². The third-order valence-corrected chi connectivity index (χ3v) is 6.51. The van der Waals surface area contributed by atoms with Gasteiger partial charge in [-0.05, 0) is 43.9 Å². The third kappa shape index (κ3) is 4.46. The van der Waals surface area contributed by atoms with Crippen LogP contribution in [-0.4, -0.2) is 23.1 Å². The number of piperidine rings is 1. The molecule has 5 heteroatoms. The van der Waals surface area contributed by atoms with Gasteiger partial charge < -0.3 is 9.26 Å². The van der Waals surface area contributed by atoms with Crippen LogP contribution < -0.4 is 4.74 Å². The van der Waals surface area contributed by atoms with E-state index in [1.54, 1.807) is 6.08 Å². The number of aryl methyl sites for hydroxylation is 2. The second-order valence-corrected chi connectivity index (χ2v) is 8.50. The smallest absolute Gasteiger partial charge is 0.140 e. The fourth-order valence-corrected chi connectivity index (χ4v) is 4.38. The van der Waals surface area contributed by atoms with Crippen LogP contribution in [-0.2, 0) is 18.6 Å². The van der Waals surface area contributed by atoms with Gasteiger partial charge in [-0.15, -0.1) is 0 Å². The molecule has 32 heavy (non-hydrogen) atoms. The van der Waals surface area contributed by atoms with Gasteiger partial charge in [0.05, 0.1) is 22.7 Å². The van der Waals surface area contributed by atoms with Crippen LogP contribution in [0.4, 0.5) is 0 Å². The SMILES string of the molecule is C=Cc1ccc(C2(C#N)CCN(Cc3ccccc3)CC2)cc1OCc1c(C)noc1C. The molecule has 4 rings (SSSR count). The van der Waals surface area contributed by atoms with E-state index < -0.39 is 5.41 Å². The van der Waals surface area contributed by atoms with Crippen LogP contribution in [0.3, 0.4) is 0 Å². The lowest BCUT2D eigenvalue weighted by molar-refractivity contribution is 0.179. The molecule has 3 aromatic rings. The summed E-state index contributed by atoms with van der Waals surface area (Å²) in [5, 5.41) is 14.2. The second-order valence-electron chi connectivity index (χ2n) is 8.50. The summed E-state index contributed by atoms with van der Waals surface area (Å²) in [6.45, 7) is 10.8. The van der Waals surface area contributed by atoms with Gasteiger partial charge >= 0.3 is 0 Å². The summed E-state index contributed by atoms with van der Waals surface area (Å²) in [5.41, 5.74) is 4.51. The first-order valence-corrected chi connectivity index (χ1v) is 11.0. The van der Waals surface area contributed by atoms with Crippen molar-refractivity contribution < 1.29 is 9.26 Å². The molecule has 1 aromatic heterocycles. The van der Waals surface area contributed by atoms with Crippen molar-refractivity contribution in [2.24, 2.45) is 0 Å². The molecule has 0 saturated carbocycles. The number of likely N-dealkylation sites (tertiary alicyclic amines) is 1. The van der Waals surface area contributed by atoms with Crippen LogP contribution in [0.25, 0.3) is 6.08 Å². The Kier molecular flexibility index (Phi) is 6.43. The summed E-state index contributed by atoms with van der Waals surface area (Å²) >= 11 is 0. The van der Waals surface area contributed by atoms with E-state index in [1.807, 2.05) is 32.0 Å². The van der Waals surface area contributed by atoms with E-state index in [9.17, 15) is 5.26 Å². The highest BCUT2D eigenvalue weighted by Gasteiger charge is 2.37. The zero-order valence-electron chi connectivity index (χ0n) is 18.8. The number of rotatable bonds is 7. The van der Waals surface area contributed by atoms with Crippen molar-refractivity contribution in [3.63, 3.8) is 0 Å². The normalized spacial score (nSPS) is 15.8. The topological polar surface area (TPSA) is 62.3 Å². The van der Waals surface area contributed by atoms with E-state index in [0.717, 1.165) is 66.4 Å². The Hall–Kier alpha value is -3.36. The average Bonchev–Trinajstić information content (AvgIpc) is 3.16. The third-order valence-electron chi connectivity index (χ3n) is 6.51. The first kappa shape index (κ1) is 21.9. The van der Waals surface area contributed by atoms with Crippen molar-refractivity contribution in [3.8, 4) is 11.8 Å². The molecule has 1 saturated heterocycles. The van der Waals surface area contributed by atoms with Gasteiger partial charge in [-0.1, -0.05) is 60.3 Å². The fraction of sp³-hybridized carbons (Fsp3) is 0.333. The van der Waals surface area contributed by atoms with Crippen LogP contribution in [0.5, 0.6) is 5.75 Å². The van der Waals surface area contributed by atoms with Crippen LogP contribution in [0.1, 0.15) is 46.5 Å². The number of nitriles is 1. The van der Waals surface area contributed by atoms with E-state index >= 15 is 0 Å². The van der Waals surface area contributed by atoms with E-state index in [2.05, 4.69) is 53.0 Å². The highest BCUT2D eigenvalue weighted by Crippen LogP contribution is 2.38. The molecule has 2 aromatic carbocycles. The standard InChI is InChI=1S/C27H29N3O2/c1-4-23-10-11-24(16-26(23)31-18-25-20(2)29-32-21(25)3)27(19-28)12-14-30(15-13-27)17-22-8-6-5-7-9-22/h4-11,16H,1,12-15,17-18H2,2-3H3. The maximum Gasteiger partial charge on any atom is 0.140 e. The summed E-state index contributed by atoms with van der Waals surface area (Å²) in [4.78, 5) is 2.43. The molecule has 0 N–H and O–H groups in total. The predicted octanol–water partition coefficient (Wildman–Crippen LogP) is 5.57. The average molecular weight is 428 g/mol. The summed E-state index contributed by atoms with van der Waals surface area (Å²) in [6.07, 6.45) is 3.38. The lowest BCUT2D eigenvalue weighted by Crippen LogP contribution is -2.41. The first-order valence-electron chi connectivity index (χ1n) is 11.0. The zero-order valence-corrected chi connectivity index (χ0v) is 18.8. The minimum atomic E-state index is -0.506. The van der Waals surface area contributed by atoms with Gasteiger partial charge in [-0.2, -0.15) is 5.26 Å². The molecule has 0 spiro atoms. The minimum Gasteiger partial charge on any atom is -0.488 e. The lowest BCUT2D eigenvalue weighted by atomic mass is 9.73. The van der Waals surface area contributed by atoms with Gasteiger partial charge in [-0.3, -0.25) is 4.90 Å². The van der Waals surface area contributed by atoms with E-state index in [1.165, 1.54) is 5.56 Å². The molecule has 2 heterocycles. The molecule has 1 aliphatic rings. The Morgan fingerprint density at radius 1 is 1.19 bits per heavy atom. The molecular weight excluding hydrogens is 398 g/mol. The Balaban J connectivity index is 1.51. The fourth-order valence-electron chi connectivity index (χ4n) is 4.38. The molecule has 0 bridgehead atoms. The molecule has 1 aliphatic heterocycles. The maximum absolute atomic E-state index is 10.2. The second kappa shape index (κ2) is 9.42. The summed E-state index contributed by atoms with van der Waals surface area (Å²) in [6, 6.07) is 19.2. The van der Waals surface area contributed by atoms with Crippen molar-refractivity contribution in [2.45, 2.75) is 45.3 Å². The quantitative estimate of drug-likeness (QED) is 0.493. The zero-order chi connectivity index (χ0) is 22.6. The summed E-state index contributed by atoms with van der Waals surface area (Å²) in [7, 11) is 0. The van der Waals surface area contributed by atoms with Gasteiger partial charge in [-0.25, -0.2) is 0 Å². The molecule has 5 nitrogen and oxygen atoms in total. The molecule has 1 fully saturated rings. The number of benzene rings is 2. The number of nitrogens with zero attached hydrogens (tertiary/aromatic N) is 3. The monoisotopic (exact) mass is 427 g/mol. The highest BCUT2D eigenvalue weighted by atomic mass is 16.5. The summed E-state index contributed by atoms with van der Waals surface area (Å²) < 4.78 is 11.4. The van der Waals surface area contributed by atoms with Crippen molar-refractivity contribution in [1.29, 1.82) is 5.26 Å². The van der Waals surface area contributed by atoms with E-state index in [-0.39, 0.29) is 0 Å². The van der Waals surface area contributed by atoms with Crippen molar-refractivity contribution in [3.05, 3.63) is 88.8 Å². The Bertz CT molecular complexity index is 1100. The van der Waals surface area contributed by atoms with Gasteiger partial charge in [0.15, 0.2) is 0 Å². The van der Waals surface area contributed by atoms with Crippen molar-refractivity contribution in [2.75, 3.05) is 13.1 Å². The Morgan fingerprint density at radius 3 is 2.56 bits per heavy atom. The van der Waals surface area contributed by atoms with Crippen LogP contribution in [0.2, 0.25) is 0 Å². The number of hydrogen-bond donors (Lipinski definition) is 0. The molecule has 0 amide bonds. The first-order chi connectivity index (χ1) is 15.5. The molecular formula is C27H29N3O2.